The lowest BCUT2D eigenvalue weighted by molar-refractivity contribution is 0.153. The zero-order valence-electron chi connectivity index (χ0n) is 9.78. The first-order valence-electron chi connectivity index (χ1n) is 5.42. The van der Waals surface area contributed by atoms with Gasteiger partial charge in [0.1, 0.15) is 12.7 Å². The number of rotatable bonds is 5. The maximum atomic E-state index is 12.0. The molecule has 0 aromatic rings. The van der Waals surface area contributed by atoms with Gasteiger partial charge in [-0.05, 0) is 6.92 Å². The van der Waals surface area contributed by atoms with Crippen LogP contribution in [0.15, 0.2) is 20.0 Å². The minimum atomic E-state index is -3.68. The number of hydrogen-bond donors (Lipinski definition) is 1. The highest BCUT2D eigenvalue weighted by atomic mass is 32.2. The summed E-state index contributed by atoms with van der Waals surface area (Å²) < 4.78 is 31.5. The van der Waals surface area contributed by atoms with E-state index in [0.29, 0.717) is 19.0 Å². The molecular formula is C9H13N5O3S. The van der Waals surface area contributed by atoms with E-state index in [9.17, 15) is 8.42 Å². The summed E-state index contributed by atoms with van der Waals surface area (Å²) in [5.74, 6) is 0.343. The van der Waals surface area contributed by atoms with Crippen molar-refractivity contribution in [1.29, 1.82) is 0 Å². The lowest BCUT2D eigenvalue weighted by Crippen LogP contribution is -2.42. The molecule has 0 aromatic carbocycles. The van der Waals surface area contributed by atoms with Crippen molar-refractivity contribution in [3.8, 4) is 0 Å². The molecular weight excluding hydrogens is 258 g/mol. The second kappa shape index (κ2) is 5.46. The van der Waals surface area contributed by atoms with E-state index in [1.165, 1.54) is 12.7 Å². The smallest absolute Gasteiger partial charge is 0.256 e. The van der Waals surface area contributed by atoms with Crippen molar-refractivity contribution in [3.05, 3.63) is 0 Å². The molecule has 9 heteroatoms. The van der Waals surface area contributed by atoms with Crippen LogP contribution in [0, 0.1) is 0 Å². The van der Waals surface area contributed by atoms with Crippen LogP contribution in [0.5, 0.6) is 0 Å². The summed E-state index contributed by atoms with van der Waals surface area (Å²) in [5, 5.41) is -0.0819. The molecule has 2 heterocycles. The van der Waals surface area contributed by atoms with Crippen molar-refractivity contribution in [2.24, 2.45) is 20.0 Å². The van der Waals surface area contributed by atoms with Gasteiger partial charge >= 0.3 is 0 Å². The van der Waals surface area contributed by atoms with Crippen LogP contribution < -0.4 is 4.72 Å². The van der Waals surface area contributed by atoms with Gasteiger partial charge in [0.2, 0.25) is 0 Å². The SMILES string of the molecule is CCOCCNS(=O)(=O)C1=NC=NC2=NC=NC21. The molecule has 8 nitrogen and oxygen atoms in total. The Morgan fingerprint density at radius 2 is 2.22 bits per heavy atom. The first-order chi connectivity index (χ1) is 8.65. The second-order valence-electron chi connectivity index (χ2n) is 3.46. The van der Waals surface area contributed by atoms with E-state index in [1.807, 2.05) is 6.92 Å². The van der Waals surface area contributed by atoms with Gasteiger partial charge in [0.05, 0.1) is 6.61 Å². The van der Waals surface area contributed by atoms with Gasteiger partial charge in [0, 0.05) is 13.2 Å². The summed E-state index contributed by atoms with van der Waals surface area (Å²) in [5.41, 5.74) is 0. The summed E-state index contributed by atoms with van der Waals surface area (Å²) in [6.07, 6.45) is 2.45. The van der Waals surface area contributed by atoms with E-state index in [4.69, 9.17) is 4.74 Å². The largest absolute Gasteiger partial charge is 0.380 e. The van der Waals surface area contributed by atoms with E-state index in [-0.39, 0.29) is 11.6 Å². The highest BCUT2D eigenvalue weighted by molar-refractivity contribution is 8.05. The van der Waals surface area contributed by atoms with Gasteiger partial charge in [-0.2, -0.15) is 0 Å². The fourth-order valence-electron chi connectivity index (χ4n) is 1.47. The van der Waals surface area contributed by atoms with Gasteiger partial charge in [-0.3, -0.25) is 4.99 Å². The molecule has 0 saturated carbocycles. The first kappa shape index (κ1) is 13.0. The van der Waals surface area contributed by atoms with E-state index in [2.05, 4.69) is 24.7 Å². The van der Waals surface area contributed by atoms with Gasteiger partial charge < -0.3 is 4.74 Å². The van der Waals surface area contributed by atoms with Crippen LogP contribution in [0.25, 0.3) is 0 Å². The standard InChI is InChI=1S/C9H13N5O3S/c1-2-17-4-3-14-18(15,16)9-7-8(11-5-10-7)12-6-13-9/h5-7,14H,2-4H2,1H3. The normalized spacial score (nSPS) is 21.7. The average molecular weight is 271 g/mol. The van der Waals surface area contributed by atoms with Gasteiger partial charge in [-0.1, -0.05) is 0 Å². The number of nitrogens with zero attached hydrogens (tertiary/aromatic N) is 4. The summed E-state index contributed by atoms with van der Waals surface area (Å²) in [6, 6.07) is -0.723. The van der Waals surface area contributed by atoms with Crippen molar-refractivity contribution in [3.63, 3.8) is 0 Å². The first-order valence-corrected chi connectivity index (χ1v) is 6.90. The fraction of sp³-hybridized carbons (Fsp3) is 0.556. The Morgan fingerprint density at radius 3 is 3.00 bits per heavy atom. The molecule has 2 rings (SSSR count). The van der Waals surface area contributed by atoms with E-state index in [1.54, 1.807) is 0 Å². The van der Waals surface area contributed by atoms with Crippen LogP contribution in [0.1, 0.15) is 6.92 Å². The molecule has 0 aliphatic carbocycles. The number of nitrogens with one attached hydrogen (secondary N) is 1. The number of hydrogen-bond acceptors (Lipinski definition) is 7. The molecule has 18 heavy (non-hydrogen) atoms. The maximum absolute atomic E-state index is 12.0. The Labute approximate surface area is 105 Å². The van der Waals surface area contributed by atoms with Gasteiger partial charge in [0.15, 0.2) is 16.9 Å². The lowest BCUT2D eigenvalue weighted by Gasteiger charge is -2.14. The van der Waals surface area contributed by atoms with Crippen LogP contribution in [0.3, 0.4) is 0 Å². The summed E-state index contributed by atoms with van der Waals surface area (Å²) in [7, 11) is -3.68. The predicted octanol–water partition coefficient (Wildman–Crippen LogP) is -0.808. The zero-order valence-corrected chi connectivity index (χ0v) is 10.6. The van der Waals surface area contributed by atoms with Gasteiger partial charge in [-0.15, -0.1) is 0 Å². The van der Waals surface area contributed by atoms with Crippen LogP contribution in [0.4, 0.5) is 0 Å². The molecule has 0 fully saturated rings. The summed E-state index contributed by atoms with van der Waals surface area (Å²) >= 11 is 0. The molecule has 0 spiro atoms. The van der Waals surface area contributed by atoms with E-state index >= 15 is 0 Å². The molecule has 0 aromatic heterocycles. The van der Waals surface area contributed by atoms with Gasteiger partial charge in [-0.25, -0.2) is 28.1 Å². The maximum Gasteiger partial charge on any atom is 0.256 e. The quantitative estimate of drug-likeness (QED) is 0.661. The van der Waals surface area contributed by atoms with Crippen LogP contribution in [-0.2, 0) is 14.8 Å². The molecule has 1 unspecified atom stereocenters. The molecule has 0 amide bonds. The number of aliphatic imine (C=N–C) groups is 4. The van der Waals surface area contributed by atoms with Gasteiger partial charge in [0.25, 0.3) is 10.0 Å². The molecule has 1 N–H and O–H groups in total. The number of fused-ring (bicyclic) bond motifs is 1. The minimum absolute atomic E-state index is 0.0819. The lowest BCUT2D eigenvalue weighted by atomic mass is 10.3. The van der Waals surface area contributed by atoms with Crippen molar-refractivity contribution in [2.45, 2.75) is 13.0 Å². The Kier molecular flexibility index (Phi) is 3.94. The molecule has 1 atom stereocenters. The van der Waals surface area contributed by atoms with Crippen molar-refractivity contribution in [1.82, 2.24) is 4.72 Å². The monoisotopic (exact) mass is 271 g/mol. The molecule has 0 radical (unpaired) electrons. The highest BCUT2D eigenvalue weighted by Crippen LogP contribution is 2.12. The van der Waals surface area contributed by atoms with Crippen LogP contribution in [0.2, 0.25) is 0 Å². The highest BCUT2D eigenvalue weighted by Gasteiger charge is 2.34. The number of ether oxygens (including phenoxy) is 1. The summed E-state index contributed by atoms with van der Waals surface area (Å²) in [6.45, 7) is 2.88. The topological polar surface area (TPSA) is 105 Å². The third-order valence-electron chi connectivity index (χ3n) is 2.28. The number of amidine groups is 1. The Morgan fingerprint density at radius 1 is 1.39 bits per heavy atom. The van der Waals surface area contributed by atoms with Crippen molar-refractivity contribution in [2.75, 3.05) is 19.8 Å². The molecule has 2 aliphatic heterocycles. The predicted molar refractivity (Wildman–Crippen MR) is 69.1 cm³/mol. The van der Waals surface area contributed by atoms with E-state index in [0.717, 1.165) is 0 Å². The molecule has 0 bridgehead atoms. The number of sulfonamides is 1. The second-order valence-corrected chi connectivity index (χ2v) is 5.17. The third kappa shape index (κ3) is 2.68. The fourth-order valence-corrected chi connectivity index (χ4v) is 2.62. The Hall–Kier alpha value is -1.45. The zero-order chi connectivity index (χ0) is 13.0. The molecule has 2 aliphatic rings. The average Bonchev–Trinajstić information content (AvgIpc) is 2.82. The van der Waals surface area contributed by atoms with Crippen molar-refractivity contribution < 1.29 is 13.2 Å². The van der Waals surface area contributed by atoms with E-state index < -0.39 is 16.1 Å². The Bertz CT molecular complexity index is 534. The third-order valence-corrected chi connectivity index (χ3v) is 3.74. The van der Waals surface area contributed by atoms with Crippen molar-refractivity contribution >= 4 is 33.6 Å². The summed E-state index contributed by atoms with van der Waals surface area (Å²) in [4.78, 5) is 15.4. The molecule has 0 saturated heterocycles. The van der Waals surface area contributed by atoms with Crippen LogP contribution >= 0.6 is 0 Å². The molecule has 98 valence electrons. The minimum Gasteiger partial charge on any atom is -0.380 e. The van der Waals surface area contributed by atoms with Crippen LogP contribution in [-0.4, -0.2) is 57.8 Å². The Balaban J connectivity index is 2.06.